The van der Waals surface area contributed by atoms with E-state index in [-0.39, 0.29) is 12.2 Å². The molecule has 11 heavy (non-hydrogen) atoms. The van der Waals surface area contributed by atoms with Gasteiger partial charge in [-0.05, 0) is 0 Å². The third-order valence-corrected chi connectivity index (χ3v) is 1.37. The van der Waals surface area contributed by atoms with Gasteiger partial charge in [0.1, 0.15) is 0 Å². The number of carbonyl (C=O) groups excluding carboxylic acids is 1. The molecule has 0 saturated carbocycles. The second-order valence-corrected chi connectivity index (χ2v) is 2.26. The molecule has 0 bridgehead atoms. The summed E-state index contributed by atoms with van der Waals surface area (Å²) in [4.78, 5) is 10.4. The largest absolute Gasteiger partial charge is 0.429 e. The molecule has 0 aliphatic carbocycles. The van der Waals surface area contributed by atoms with E-state index in [1.807, 2.05) is 0 Å². The zero-order chi connectivity index (χ0) is 8.27. The molecule has 1 rings (SSSR count). The van der Waals surface area contributed by atoms with Gasteiger partial charge in [0.05, 0.1) is 6.61 Å². The van der Waals surface area contributed by atoms with Gasteiger partial charge in [-0.2, -0.15) is 0 Å². The lowest BCUT2D eigenvalue weighted by Gasteiger charge is -2.03. The summed E-state index contributed by atoms with van der Waals surface area (Å²) in [6.45, 7) is -0.0715. The predicted molar refractivity (Wildman–Crippen MR) is 33.7 cm³/mol. The van der Waals surface area contributed by atoms with Crippen LogP contribution in [0.25, 0.3) is 0 Å². The highest BCUT2D eigenvalue weighted by atomic mass is 31.1. The van der Waals surface area contributed by atoms with Crippen molar-refractivity contribution < 1.29 is 23.7 Å². The van der Waals surface area contributed by atoms with Crippen molar-refractivity contribution in [3.8, 4) is 0 Å². The number of esters is 1. The van der Waals surface area contributed by atoms with Crippen LogP contribution in [0, 0.1) is 0 Å². The van der Waals surface area contributed by atoms with E-state index in [0.717, 1.165) is 6.08 Å². The summed E-state index contributed by atoms with van der Waals surface area (Å²) in [6, 6.07) is 0. The quantitative estimate of drug-likeness (QED) is 0.484. The number of aliphatic hydroxyl groups excluding tert-OH is 1. The highest BCUT2D eigenvalue weighted by Gasteiger charge is 2.23. The summed E-state index contributed by atoms with van der Waals surface area (Å²) in [5.41, 5.74) is 0.276. The molecular formula is C5H5O5P. The Hall–Kier alpha value is -0.770. The number of aliphatic hydroxyl groups is 1. The van der Waals surface area contributed by atoms with E-state index in [4.69, 9.17) is 5.11 Å². The molecule has 0 radical (unpaired) electrons. The number of carbonyl (C=O) groups is 1. The summed E-state index contributed by atoms with van der Waals surface area (Å²) in [5, 5.41) is 8.89. The topological polar surface area (TPSA) is 72.8 Å². The van der Waals surface area contributed by atoms with Gasteiger partial charge in [0, 0.05) is 11.6 Å². The predicted octanol–water partition coefficient (Wildman–Crippen LogP) is 0.0113. The molecule has 1 N–H and O–H groups in total. The van der Waals surface area contributed by atoms with Crippen LogP contribution in [0.3, 0.4) is 0 Å². The molecule has 0 amide bonds. The van der Waals surface area contributed by atoms with Crippen molar-refractivity contribution in [2.24, 2.45) is 0 Å². The highest BCUT2D eigenvalue weighted by Crippen LogP contribution is 2.14. The van der Waals surface area contributed by atoms with Gasteiger partial charge < -0.3 is 9.84 Å². The Balaban J connectivity index is 2.49. The molecule has 0 aromatic heterocycles. The van der Waals surface area contributed by atoms with Gasteiger partial charge in [-0.15, -0.1) is 0 Å². The van der Waals surface area contributed by atoms with Crippen molar-refractivity contribution >= 4 is 14.7 Å². The van der Waals surface area contributed by atoms with E-state index in [2.05, 4.69) is 9.26 Å². The highest BCUT2D eigenvalue weighted by molar-refractivity contribution is 7.17. The number of hydrogen-bond acceptors (Lipinski definition) is 5. The Morgan fingerprint density at radius 2 is 2.55 bits per heavy atom. The van der Waals surface area contributed by atoms with E-state index in [9.17, 15) is 9.36 Å². The second-order valence-electron chi connectivity index (χ2n) is 1.86. The minimum Gasteiger partial charge on any atom is -0.429 e. The molecule has 1 atom stereocenters. The Morgan fingerprint density at radius 1 is 1.82 bits per heavy atom. The van der Waals surface area contributed by atoms with Gasteiger partial charge in [0.25, 0.3) is 0 Å². The first kappa shape index (κ1) is 8.33. The van der Waals surface area contributed by atoms with Crippen molar-refractivity contribution in [1.82, 2.24) is 0 Å². The molecule has 5 nitrogen and oxygen atoms in total. The number of rotatable bonds is 3. The Bertz CT molecular complexity index is 211. The van der Waals surface area contributed by atoms with Crippen LogP contribution in [0.1, 0.15) is 0 Å². The molecule has 0 aromatic carbocycles. The van der Waals surface area contributed by atoms with Crippen LogP contribution >= 0.6 is 8.69 Å². The lowest BCUT2D eigenvalue weighted by Crippen LogP contribution is -2.12. The van der Waals surface area contributed by atoms with Crippen LogP contribution in [-0.2, 0) is 18.6 Å². The smallest absolute Gasteiger partial charge is 0.333 e. The standard InChI is InChI=1S/C5H5O5P/c6-4-1-3(2-9-11-8)5(7)10-4/h1,5,7H,2H2. The van der Waals surface area contributed by atoms with Crippen LogP contribution in [-0.4, -0.2) is 24.0 Å². The summed E-state index contributed by atoms with van der Waals surface area (Å²) in [7, 11) is -0.490. The normalized spacial score (nSPS) is 23.5. The molecule has 0 saturated heterocycles. The molecule has 1 unspecified atom stereocenters. The van der Waals surface area contributed by atoms with Crippen molar-refractivity contribution in [3.63, 3.8) is 0 Å². The maximum Gasteiger partial charge on any atom is 0.333 e. The first-order valence-corrected chi connectivity index (χ1v) is 3.51. The SMILES string of the molecule is O=POCC1=CC(=O)OC1O. The molecule has 0 aromatic rings. The Kier molecular flexibility index (Phi) is 2.70. The second kappa shape index (κ2) is 3.57. The van der Waals surface area contributed by atoms with Crippen LogP contribution in [0.5, 0.6) is 0 Å². The van der Waals surface area contributed by atoms with E-state index in [1.54, 1.807) is 0 Å². The fourth-order valence-electron chi connectivity index (χ4n) is 0.656. The van der Waals surface area contributed by atoms with E-state index in [1.165, 1.54) is 0 Å². The van der Waals surface area contributed by atoms with Crippen LogP contribution in [0.15, 0.2) is 11.6 Å². The van der Waals surface area contributed by atoms with E-state index < -0.39 is 20.9 Å². The molecular weight excluding hydrogens is 171 g/mol. The van der Waals surface area contributed by atoms with Crippen LogP contribution < -0.4 is 0 Å². The van der Waals surface area contributed by atoms with Crippen molar-refractivity contribution in [2.45, 2.75) is 6.29 Å². The summed E-state index contributed by atoms with van der Waals surface area (Å²) >= 11 is 0. The van der Waals surface area contributed by atoms with Crippen molar-refractivity contribution in [1.29, 1.82) is 0 Å². The lowest BCUT2D eigenvalue weighted by atomic mass is 10.3. The fraction of sp³-hybridized carbons (Fsp3) is 0.400. The third-order valence-electron chi connectivity index (χ3n) is 1.13. The zero-order valence-electron chi connectivity index (χ0n) is 5.39. The summed E-state index contributed by atoms with van der Waals surface area (Å²) < 4.78 is 18.5. The number of ether oxygens (including phenoxy) is 1. The average Bonchev–Trinajstić information content (AvgIpc) is 2.26. The Labute approximate surface area is 63.9 Å². The molecule has 1 heterocycles. The maximum absolute atomic E-state index is 10.4. The number of hydrogen-bond donors (Lipinski definition) is 1. The minimum absolute atomic E-state index is 0.0715. The van der Waals surface area contributed by atoms with E-state index in [0.29, 0.717) is 0 Å². The molecule has 6 heteroatoms. The molecule has 1 aliphatic rings. The van der Waals surface area contributed by atoms with Gasteiger partial charge in [0.2, 0.25) is 6.29 Å². The van der Waals surface area contributed by atoms with Gasteiger partial charge in [-0.1, -0.05) is 0 Å². The lowest BCUT2D eigenvalue weighted by molar-refractivity contribution is -0.151. The zero-order valence-corrected chi connectivity index (χ0v) is 6.28. The maximum atomic E-state index is 10.4. The van der Waals surface area contributed by atoms with Crippen molar-refractivity contribution in [2.75, 3.05) is 6.61 Å². The van der Waals surface area contributed by atoms with Gasteiger partial charge in [-0.25, -0.2) is 9.36 Å². The van der Waals surface area contributed by atoms with Gasteiger partial charge in [-0.3, -0.25) is 4.52 Å². The molecule has 0 fully saturated rings. The minimum atomic E-state index is -1.25. The van der Waals surface area contributed by atoms with Gasteiger partial charge >= 0.3 is 14.7 Å². The first-order chi connectivity index (χ1) is 5.24. The summed E-state index contributed by atoms with van der Waals surface area (Å²) in [5.74, 6) is -0.612. The third kappa shape index (κ3) is 2.08. The molecule has 60 valence electrons. The molecule has 0 spiro atoms. The molecule has 1 aliphatic heterocycles. The van der Waals surface area contributed by atoms with E-state index >= 15 is 0 Å². The van der Waals surface area contributed by atoms with Crippen LogP contribution in [0.2, 0.25) is 0 Å². The Morgan fingerprint density at radius 3 is 3.00 bits per heavy atom. The van der Waals surface area contributed by atoms with Gasteiger partial charge in [0.15, 0.2) is 0 Å². The average molecular weight is 176 g/mol. The number of cyclic esters (lactones) is 1. The van der Waals surface area contributed by atoms with Crippen LogP contribution in [0.4, 0.5) is 0 Å². The first-order valence-electron chi connectivity index (χ1n) is 2.78. The van der Waals surface area contributed by atoms with Crippen molar-refractivity contribution in [3.05, 3.63) is 11.6 Å². The monoisotopic (exact) mass is 176 g/mol. The fourth-order valence-corrected chi connectivity index (χ4v) is 0.858. The summed E-state index contributed by atoms with van der Waals surface area (Å²) in [6.07, 6.45) is -0.139.